The summed E-state index contributed by atoms with van der Waals surface area (Å²) in [5.74, 6) is 2.04. The highest BCUT2D eigenvalue weighted by Crippen LogP contribution is 2.07. The Balaban J connectivity index is 1.76. The van der Waals surface area contributed by atoms with Crippen LogP contribution in [0, 0.1) is 0 Å². The number of amides is 1. The Morgan fingerprint density at radius 3 is 3.33 bits per heavy atom. The van der Waals surface area contributed by atoms with Crippen LogP contribution in [0.4, 0.5) is 0 Å². The Morgan fingerprint density at radius 1 is 1.73 bits per heavy atom. The van der Waals surface area contributed by atoms with E-state index in [0.29, 0.717) is 6.54 Å². The second-order valence-corrected chi connectivity index (χ2v) is 5.15. The van der Waals surface area contributed by atoms with E-state index in [-0.39, 0.29) is 11.9 Å². The summed E-state index contributed by atoms with van der Waals surface area (Å²) in [5.41, 5.74) is 2.70. The normalized spacial score (nSPS) is 21.2. The zero-order chi connectivity index (χ0) is 10.5. The molecule has 1 amide bonds. The lowest BCUT2D eigenvalue weighted by Gasteiger charge is -2.21. The summed E-state index contributed by atoms with van der Waals surface area (Å²) in [6.45, 7) is 1.45. The topological polar surface area (TPSA) is 54.0 Å². The molecular weight excluding hydrogens is 230 g/mol. The van der Waals surface area contributed by atoms with Crippen molar-refractivity contribution in [1.29, 1.82) is 0 Å². The monoisotopic (exact) mass is 243 g/mol. The minimum absolute atomic E-state index is 0.0395. The van der Waals surface area contributed by atoms with Crippen LogP contribution in [0.15, 0.2) is 10.9 Å². The molecule has 1 atom stereocenters. The fourth-order valence-electron chi connectivity index (χ4n) is 1.36. The molecule has 2 N–H and O–H groups in total. The summed E-state index contributed by atoms with van der Waals surface area (Å²) >= 11 is 3.36. The van der Waals surface area contributed by atoms with Gasteiger partial charge in [0.25, 0.3) is 0 Å². The summed E-state index contributed by atoms with van der Waals surface area (Å²) in [7, 11) is 0. The highest BCUT2D eigenvalue weighted by atomic mass is 32.2. The molecular formula is C9H13N3OS2. The molecule has 1 unspecified atom stereocenters. The Hall–Kier alpha value is -0.590. The second kappa shape index (κ2) is 5.48. The number of hydrogen-bond acceptors (Lipinski definition) is 5. The van der Waals surface area contributed by atoms with Gasteiger partial charge >= 0.3 is 0 Å². The van der Waals surface area contributed by atoms with Gasteiger partial charge in [-0.2, -0.15) is 11.8 Å². The predicted molar refractivity (Wildman–Crippen MR) is 63.1 cm³/mol. The van der Waals surface area contributed by atoms with Crippen molar-refractivity contribution in [2.24, 2.45) is 0 Å². The predicted octanol–water partition coefficient (Wildman–Crippen LogP) is 0.464. The van der Waals surface area contributed by atoms with E-state index in [4.69, 9.17) is 0 Å². The van der Waals surface area contributed by atoms with Crippen molar-refractivity contribution in [1.82, 2.24) is 15.6 Å². The number of nitrogens with one attached hydrogen (secondary N) is 2. The number of thioether (sulfide) groups is 1. The molecule has 0 radical (unpaired) electrons. The molecule has 1 fully saturated rings. The first-order valence-corrected chi connectivity index (χ1v) is 6.92. The molecule has 6 heteroatoms. The summed E-state index contributed by atoms with van der Waals surface area (Å²) < 4.78 is 0. The standard InChI is InChI=1S/C9H13N3OS2/c13-9(8-5-14-2-1-10-8)11-3-7-4-15-6-12-7/h4,6,8,10H,1-3,5H2,(H,11,13). The highest BCUT2D eigenvalue weighted by Gasteiger charge is 2.20. The zero-order valence-corrected chi connectivity index (χ0v) is 9.87. The lowest BCUT2D eigenvalue weighted by atomic mass is 10.3. The molecule has 0 aliphatic carbocycles. The molecule has 2 rings (SSSR count). The first-order valence-electron chi connectivity index (χ1n) is 4.82. The molecule has 0 bridgehead atoms. The van der Waals surface area contributed by atoms with Gasteiger partial charge in [-0.25, -0.2) is 4.98 Å². The van der Waals surface area contributed by atoms with Crippen molar-refractivity contribution in [2.45, 2.75) is 12.6 Å². The van der Waals surface area contributed by atoms with Crippen molar-refractivity contribution >= 4 is 29.0 Å². The molecule has 1 aliphatic rings. The van der Waals surface area contributed by atoms with E-state index in [1.54, 1.807) is 16.8 Å². The third-order valence-electron chi connectivity index (χ3n) is 2.17. The van der Waals surface area contributed by atoms with Gasteiger partial charge in [-0.3, -0.25) is 4.79 Å². The van der Waals surface area contributed by atoms with Crippen LogP contribution in [0.1, 0.15) is 5.69 Å². The van der Waals surface area contributed by atoms with E-state index in [1.807, 2.05) is 17.1 Å². The molecule has 0 saturated carbocycles. The van der Waals surface area contributed by atoms with Gasteiger partial charge in [0, 0.05) is 23.4 Å². The van der Waals surface area contributed by atoms with Crippen molar-refractivity contribution in [3.63, 3.8) is 0 Å². The Labute approximate surface area is 96.9 Å². The van der Waals surface area contributed by atoms with Gasteiger partial charge in [0.2, 0.25) is 5.91 Å². The number of rotatable bonds is 3. The highest BCUT2D eigenvalue weighted by molar-refractivity contribution is 7.99. The third-order valence-corrected chi connectivity index (χ3v) is 3.86. The molecule has 1 saturated heterocycles. The number of carbonyl (C=O) groups excluding carboxylic acids is 1. The Kier molecular flexibility index (Phi) is 3.99. The van der Waals surface area contributed by atoms with Gasteiger partial charge < -0.3 is 10.6 Å². The van der Waals surface area contributed by atoms with E-state index in [1.165, 1.54) is 0 Å². The van der Waals surface area contributed by atoms with Crippen LogP contribution in [0.25, 0.3) is 0 Å². The lowest BCUT2D eigenvalue weighted by Crippen LogP contribution is -2.48. The smallest absolute Gasteiger partial charge is 0.238 e. The van der Waals surface area contributed by atoms with Gasteiger partial charge in [0.15, 0.2) is 0 Å². The van der Waals surface area contributed by atoms with Crippen molar-refractivity contribution < 1.29 is 4.79 Å². The van der Waals surface area contributed by atoms with E-state index >= 15 is 0 Å². The SMILES string of the molecule is O=C(NCc1cscn1)C1CSCCN1. The first kappa shape index (κ1) is 10.9. The molecule has 1 aromatic rings. The van der Waals surface area contributed by atoms with E-state index in [9.17, 15) is 4.79 Å². The van der Waals surface area contributed by atoms with Crippen LogP contribution < -0.4 is 10.6 Å². The van der Waals surface area contributed by atoms with Crippen molar-refractivity contribution in [3.8, 4) is 0 Å². The minimum Gasteiger partial charge on any atom is -0.349 e. The number of carbonyl (C=O) groups is 1. The van der Waals surface area contributed by atoms with Gasteiger partial charge in [-0.05, 0) is 0 Å². The quantitative estimate of drug-likeness (QED) is 0.810. The molecule has 15 heavy (non-hydrogen) atoms. The number of aromatic nitrogens is 1. The molecule has 2 heterocycles. The Bertz CT molecular complexity index is 309. The molecule has 4 nitrogen and oxygen atoms in total. The van der Waals surface area contributed by atoms with Gasteiger partial charge in [0.05, 0.1) is 23.8 Å². The maximum atomic E-state index is 11.7. The molecule has 1 aliphatic heterocycles. The largest absolute Gasteiger partial charge is 0.349 e. The molecule has 1 aromatic heterocycles. The average molecular weight is 243 g/mol. The summed E-state index contributed by atoms with van der Waals surface area (Å²) in [6, 6.07) is -0.0395. The lowest BCUT2D eigenvalue weighted by molar-refractivity contribution is -0.122. The number of thiazole rings is 1. The Morgan fingerprint density at radius 2 is 2.67 bits per heavy atom. The van der Waals surface area contributed by atoms with Crippen molar-refractivity contribution in [3.05, 3.63) is 16.6 Å². The van der Waals surface area contributed by atoms with E-state index in [2.05, 4.69) is 15.6 Å². The van der Waals surface area contributed by atoms with E-state index < -0.39 is 0 Å². The fourth-order valence-corrected chi connectivity index (χ4v) is 2.85. The third kappa shape index (κ3) is 3.19. The van der Waals surface area contributed by atoms with Gasteiger partial charge in [0.1, 0.15) is 0 Å². The molecule has 0 aromatic carbocycles. The fraction of sp³-hybridized carbons (Fsp3) is 0.556. The summed E-state index contributed by atoms with van der Waals surface area (Å²) in [5, 5.41) is 8.03. The van der Waals surface area contributed by atoms with Crippen LogP contribution in [-0.2, 0) is 11.3 Å². The maximum Gasteiger partial charge on any atom is 0.238 e. The molecule has 82 valence electrons. The maximum absolute atomic E-state index is 11.7. The van der Waals surface area contributed by atoms with Crippen molar-refractivity contribution in [2.75, 3.05) is 18.1 Å². The van der Waals surface area contributed by atoms with Gasteiger partial charge in [-0.1, -0.05) is 0 Å². The van der Waals surface area contributed by atoms with Crippen LogP contribution in [0.2, 0.25) is 0 Å². The average Bonchev–Trinajstić information content (AvgIpc) is 2.80. The number of hydrogen-bond donors (Lipinski definition) is 2. The summed E-state index contributed by atoms with van der Waals surface area (Å²) in [6.07, 6.45) is 0. The summed E-state index contributed by atoms with van der Waals surface area (Å²) in [4.78, 5) is 15.8. The zero-order valence-electron chi connectivity index (χ0n) is 8.23. The second-order valence-electron chi connectivity index (χ2n) is 3.28. The molecule has 0 spiro atoms. The van der Waals surface area contributed by atoms with Crippen LogP contribution >= 0.6 is 23.1 Å². The van der Waals surface area contributed by atoms with Crippen LogP contribution in [-0.4, -0.2) is 35.0 Å². The first-order chi connectivity index (χ1) is 7.36. The minimum atomic E-state index is -0.0395. The van der Waals surface area contributed by atoms with Gasteiger partial charge in [-0.15, -0.1) is 11.3 Å². The van der Waals surface area contributed by atoms with E-state index in [0.717, 1.165) is 23.7 Å². The van der Waals surface area contributed by atoms with Crippen LogP contribution in [0.3, 0.4) is 0 Å². The van der Waals surface area contributed by atoms with Crippen LogP contribution in [0.5, 0.6) is 0 Å². The number of nitrogens with zero attached hydrogens (tertiary/aromatic N) is 1.